The number of ether oxygens (including phenoxy) is 1. The maximum atomic E-state index is 12.7. The van der Waals surface area contributed by atoms with Crippen molar-refractivity contribution in [3.05, 3.63) is 48.0 Å². The van der Waals surface area contributed by atoms with Crippen molar-refractivity contribution in [2.45, 2.75) is 32.3 Å². The fraction of sp³-hybridized carbons (Fsp3) is 0.381. The molecule has 0 aliphatic carbocycles. The Morgan fingerprint density at radius 3 is 2.38 bits per heavy atom. The Kier molecular flexibility index (Phi) is 6.28. The van der Waals surface area contributed by atoms with Gasteiger partial charge in [0.15, 0.2) is 5.03 Å². The Morgan fingerprint density at radius 2 is 1.72 bits per heavy atom. The number of hydrogen-bond donors (Lipinski definition) is 2. The van der Waals surface area contributed by atoms with Gasteiger partial charge in [0.1, 0.15) is 11.6 Å². The van der Waals surface area contributed by atoms with E-state index < -0.39 is 10.0 Å². The lowest BCUT2D eigenvalue weighted by Gasteiger charge is -2.27. The lowest BCUT2D eigenvalue weighted by molar-refractivity contribution is 0.122. The van der Waals surface area contributed by atoms with Crippen LogP contribution in [0, 0.1) is 13.8 Å². The zero-order valence-electron chi connectivity index (χ0n) is 18.4. The number of rotatable bonds is 7. The van der Waals surface area contributed by atoms with Gasteiger partial charge in [-0.3, -0.25) is 4.72 Å². The highest BCUT2D eigenvalue weighted by atomic mass is 32.2. The molecule has 0 spiro atoms. The number of benzene rings is 1. The van der Waals surface area contributed by atoms with E-state index in [1.54, 1.807) is 35.8 Å². The Hall–Kier alpha value is -3.18. The van der Waals surface area contributed by atoms with E-state index in [0.29, 0.717) is 43.0 Å². The predicted octanol–water partition coefficient (Wildman–Crippen LogP) is 2.69. The second-order valence-electron chi connectivity index (χ2n) is 7.51. The summed E-state index contributed by atoms with van der Waals surface area (Å²) < 4.78 is 35.1. The number of anilines is 4. The number of aromatic nitrogens is 4. The first-order chi connectivity index (χ1) is 15.3. The van der Waals surface area contributed by atoms with Crippen molar-refractivity contribution in [1.29, 1.82) is 0 Å². The Morgan fingerprint density at radius 1 is 1.03 bits per heavy atom. The average Bonchev–Trinajstić information content (AvgIpc) is 3.17. The zero-order chi connectivity index (χ0) is 22.7. The smallest absolute Gasteiger partial charge is 0.280 e. The van der Waals surface area contributed by atoms with Crippen molar-refractivity contribution < 1.29 is 13.2 Å². The van der Waals surface area contributed by atoms with Crippen LogP contribution in [-0.4, -0.2) is 54.2 Å². The van der Waals surface area contributed by atoms with Crippen LogP contribution in [0.5, 0.6) is 0 Å². The van der Waals surface area contributed by atoms with E-state index in [1.807, 2.05) is 19.9 Å². The molecule has 1 aliphatic heterocycles. The summed E-state index contributed by atoms with van der Waals surface area (Å²) in [4.78, 5) is 15.4. The maximum absolute atomic E-state index is 12.7. The molecule has 0 atom stereocenters. The molecular weight excluding hydrogens is 430 g/mol. The molecule has 0 unspecified atom stereocenters. The number of imidazole rings is 1. The SMILES string of the molecule is CCn1cc(S(=O)(=O)Nc2ccc(Nc3cc(C)nc(N4CCOCC4)n3)cc2)nc1C. The number of nitrogens with zero attached hydrogens (tertiary/aromatic N) is 5. The van der Waals surface area contributed by atoms with Gasteiger partial charge in [-0.2, -0.15) is 13.4 Å². The molecule has 0 amide bonds. The van der Waals surface area contributed by atoms with Gasteiger partial charge in [0.25, 0.3) is 10.0 Å². The van der Waals surface area contributed by atoms with Crippen molar-refractivity contribution in [3.8, 4) is 0 Å². The summed E-state index contributed by atoms with van der Waals surface area (Å²) in [6.45, 7) is 9.14. The lowest BCUT2D eigenvalue weighted by atomic mass is 10.3. The molecule has 1 aromatic carbocycles. The molecule has 3 aromatic rings. The van der Waals surface area contributed by atoms with Crippen molar-refractivity contribution in [2.24, 2.45) is 0 Å². The van der Waals surface area contributed by atoms with Gasteiger partial charge in [-0.1, -0.05) is 0 Å². The standard InChI is InChI=1S/C21H27N7O3S/c1-4-27-14-20(23-16(27)3)32(29,30)26-18-7-5-17(6-8-18)24-19-13-15(2)22-21(25-19)28-9-11-31-12-10-28/h5-8,13-14,26H,4,9-12H2,1-3H3,(H,22,24,25). The highest BCUT2D eigenvalue weighted by Gasteiger charge is 2.19. The third kappa shape index (κ3) is 5.00. The summed E-state index contributed by atoms with van der Waals surface area (Å²) in [6.07, 6.45) is 1.54. The van der Waals surface area contributed by atoms with Gasteiger partial charge < -0.3 is 19.5 Å². The molecule has 1 aliphatic rings. The monoisotopic (exact) mass is 457 g/mol. The van der Waals surface area contributed by atoms with Gasteiger partial charge in [-0.15, -0.1) is 0 Å². The van der Waals surface area contributed by atoms with Gasteiger partial charge in [0.05, 0.1) is 13.2 Å². The minimum absolute atomic E-state index is 0.00570. The molecule has 2 aromatic heterocycles. The Balaban J connectivity index is 1.46. The fourth-order valence-electron chi connectivity index (χ4n) is 3.43. The molecule has 1 saturated heterocycles. The predicted molar refractivity (Wildman–Crippen MR) is 123 cm³/mol. The third-order valence-electron chi connectivity index (χ3n) is 5.12. The van der Waals surface area contributed by atoms with Crippen LogP contribution in [0.4, 0.5) is 23.1 Å². The topological polar surface area (TPSA) is 114 Å². The van der Waals surface area contributed by atoms with Crippen LogP contribution in [-0.2, 0) is 21.3 Å². The van der Waals surface area contributed by atoms with Crippen LogP contribution >= 0.6 is 0 Å². The van der Waals surface area contributed by atoms with E-state index in [0.717, 1.165) is 24.5 Å². The first-order valence-electron chi connectivity index (χ1n) is 10.5. The van der Waals surface area contributed by atoms with Gasteiger partial charge in [-0.05, 0) is 45.0 Å². The number of morpholine rings is 1. The summed E-state index contributed by atoms with van der Waals surface area (Å²) in [7, 11) is -3.76. The number of sulfonamides is 1. The summed E-state index contributed by atoms with van der Waals surface area (Å²) in [6, 6.07) is 8.84. The van der Waals surface area contributed by atoms with E-state index in [9.17, 15) is 8.42 Å². The first kappa shape index (κ1) is 22.0. The number of nitrogens with one attached hydrogen (secondary N) is 2. The maximum Gasteiger partial charge on any atom is 0.280 e. The van der Waals surface area contributed by atoms with Crippen molar-refractivity contribution in [3.63, 3.8) is 0 Å². The molecule has 0 saturated carbocycles. The molecule has 0 radical (unpaired) electrons. The number of aryl methyl sites for hydroxylation is 3. The summed E-state index contributed by atoms with van der Waals surface area (Å²) >= 11 is 0. The fourth-order valence-corrected chi connectivity index (χ4v) is 4.50. The normalized spacial score (nSPS) is 14.4. The zero-order valence-corrected chi connectivity index (χ0v) is 19.2. The molecule has 2 N–H and O–H groups in total. The third-order valence-corrected chi connectivity index (χ3v) is 6.37. The molecule has 10 nitrogen and oxygen atoms in total. The van der Waals surface area contributed by atoms with Gasteiger partial charge >= 0.3 is 0 Å². The second kappa shape index (κ2) is 9.13. The van der Waals surface area contributed by atoms with Gasteiger partial charge in [0, 0.05) is 49.0 Å². The summed E-state index contributed by atoms with van der Waals surface area (Å²) in [5.74, 6) is 2.00. The average molecular weight is 458 g/mol. The van der Waals surface area contributed by atoms with Gasteiger partial charge in [-0.25, -0.2) is 9.97 Å². The second-order valence-corrected chi connectivity index (χ2v) is 9.14. The molecule has 32 heavy (non-hydrogen) atoms. The largest absolute Gasteiger partial charge is 0.378 e. The summed E-state index contributed by atoms with van der Waals surface area (Å²) in [5, 5.41) is 3.27. The minimum Gasteiger partial charge on any atom is -0.378 e. The van der Waals surface area contributed by atoms with E-state index in [-0.39, 0.29) is 5.03 Å². The molecule has 170 valence electrons. The van der Waals surface area contributed by atoms with Crippen molar-refractivity contribution >= 4 is 33.2 Å². The van der Waals surface area contributed by atoms with Crippen LogP contribution in [0.1, 0.15) is 18.4 Å². The molecule has 3 heterocycles. The molecule has 4 rings (SSSR count). The lowest BCUT2D eigenvalue weighted by Crippen LogP contribution is -2.37. The minimum atomic E-state index is -3.76. The van der Waals surface area contributed by atoms with Crippen LogP contribution in [0.3, 0.4) is 0 Å². The van der Waals surface area contributed by atoms with E-state index in [2.05, 4.69) is 29.9 Å². The molecule has 11 heteroatoms. The van der Waals surface area contributed by atoms with Crippen molar-refractivity contribution in [1.82, 2.24) is 19.5 Å². The Labute approximate surface area is 187 Å². The quantitative estimate of drug-likeness (QED) is 0.557. The van der Waals surface area contributed by atoms with E-state index in [4.69, 9.17) is 4.74 Å². The van der Waals surface area contributed by atoms with Crippen LogP contribution in [0.2, 0.25) is 0 Å². The Bertz CT molecular complexity index is 1190. The summed E-state index contributed by atoms with van der Waals surface area (Å²) in [5.41, 5.74) is 2.09. The van der Waals surface area contributed by atoms with Crippen LogP contribution in [0.25, 0.3) is 0 Å². The first-order valence-corrected chi connectivity index (χ1v) is 11.9. The number of hydrogen-bond acceptors (Lipinski definition) is 8. The highest BCUT2D eigenvalue weighted by molar-refractivity contribution is 7.92. The molecule has 1 fully saturated rings. The van der Waals surface area contributed by atoms with Crippen LogP contribution < -0.4 is 14.9 Å². The van der Waals surface area contributed by atoms with Gasteiger partial charge in [0.2, 0.25) is 5.95 Å². The van der Waals surface area contributed by atoms with E-state index in [1.165, 1.54) is 6.20 Å². The molecule has 0 bridgehead atoms. The molecular formula is C21H27N7O3S. The van der Waals surface area contributed by atoms with Crippen molar-refractivity contribution in [2.75, 3.05) is 41.2 Å². The van der Waals surface area contributed by atoms with E-state index >= 15 is 0 Å². The highest BCUT2D eigenvalue weighted by Crippen LogP contribution is 2.22. The van der Waals surface area contributed by atoms with Crippen LogP contribution in [0.15, 0.2) is 41.6 Å².